The number of nitrogens with zero attached hydrogens (tertiary/aromatic N) is 6. The first-order valence-electron chi connectivity index (χ1n) is 8.28. The molecule has 10 nitrogen and oxygen atoms in total. The minimum atomic E-state index is -0.478. The molecule has 152 valence electrons. The zero-order valence-electron chi connectivity index (χ0n) is 14.9. The molecule has 2 aromatic heterocycles. The van der Waals surface area contributed by atoms with E-state index in [4.69, 9.17) is 33.5 Å². The van der Waals surface area contributed by atoms with Crippen molar-refractivity contribution in [2.24, 2.45) is 0 Å². The van der Waals surface area contributed by atoms with E-state index in [0.717, 1.165) is 0 Å². The lowest BCUT2D eigenvalue weighted by Gasteiger charge is -2.05. The third-order valence-electron chi connectivity index (χ3n) is 3.95. The quantitative estimate of drug-likeness (QED) is 0.192. The molecule has 0 bridgehead atoms. The molecule has 4 rings (SSSR count). The summed E-state index contributed by atoms with van der Waals surface area (Å²) in [5.74, 6) is 7.37. The molecule has 0 fully saturated rings. The molecule has 0 saturated carbocycles. The predicted octanol–water partition coefficient (Wildman–Crippen LogP) is 4.22. The van der Waals surface area contributed by atoms with Gasteiger partial charge in [-0.3, -0.25) is 10.1 Å². The topological polar surface area (TPSA) is 139 Å². The number of thioether (sulfide) groups is 1. The van der Waals surface area contributed by atoms with Crippen LogP contribution in [-0.2, 0) is 5.75 Å². The zero-order chi connectivity index (χ0) is 21.3. The highest BCUT2D eigenvalue weighted by atomic mass is 35.5. The molecular weight excluding hydrogens is 453 g/mol. The van der Waals surface area contributed by atoms with Crippen LogP contribution in [0.1, 0.15) is 5.89 Å². The molecule has 0 radical (unpaired) electrons. The summed E-state index contributed by atoms with van der Waals surface area (Å²) in [6, 6.07) is 10.8. The highest BCUT2D eigenvalue weighted by Crippen LogP contribution is 2.31. The Morgan fingerprint density at radius 3 is 2.57 bits per heavy atom. The second kappa shape index (κ2) is 8.30. The van der Waals surface area contributed by atoms with Gasteiger partial charge in [-0.15, -0.1) is 20.4 Å². The van der Waals surface area contributed by atoms with E-state index >= 15 is 0 Å². The van der Waals surface area contributed by atoms with Crippen molar-refractivity contribution in [3.8, 4) is 22.8 Å². The number of aromatic nitrogens is 5. The van der Waals surface area contributed by atoms with Crippen molar-refractivity contribution in [3.63, 3.8) is 0 Å². The smallest absolute Gasteiger partial charge is 0.269 e. The van der Waals surface area contributed by atoms with Gasteiger partial charge in [-0.05, 0) is 30.3 Å². The molecule has 0 aliphatic carbocycles. The van der Waals surface area contributed by atoms with Crippen LogP contribution in [-0.4, -0.2) is 30.0 Å². The van der Waals surface area contributed by atoms with Crippen LogP contribution >= 0.6 is 35.0 Å². The second-order valence-electron chi connectivity index (χ2n) is 5.89. The Labute approximate surface area is 183 Å². The lowest BCUT2D eigenvalue weighted by atomic mass is 10.2. The predicted molar refractivity (Wildman–Crippen MR) is 112 cm³/mol. The number of nitrogen functional groups attached to an aromatic ring is 1. The van der Waals surface area contributed by atoms with Crippen molar-refractivity contribution < 1.29 is 9.34 Å². The van der Waals surface area contributed by atoms with Gasteiger partial charge in [-0.2, -0.15) is 0 Å². The number of nitro groups is 1. The van der Waals surface area contributed by atoms with Crippen LogP contribution in [0.5, 0.6) is 0 Å². The molecule has 4 aromatic rings. The summed E-state index contributed by atoms with van der Waals surface area (Å²) in [5, 5.41) is 28.2. The molecule has 30 heavy (non-hydrogen) atoms. The fourth-order valence-electron chi connectivity index (χ4n) is 2.51. The first kappa shape index (κ1) is 20.1. The van der Waals surface area contributed by atoms with Crippen molar-refractivity contribution in [3.05, 3.63) is 68.5 Å². The van der Waals surface area contributed by atoms with Gasteiger partial charge in [-0.25, -0.2) is 4.68 Å². The van der Waals surface area contributed by atoms with Crippen LogP contribution in [0.15, 0.2) is 52.0 Å². The summed E-state index contributed by atoms with van der Waals surface area (Å²) >= 11 is 13.4. The van der Waals surface area contributed by atoms with E-state index in [-0.39, 0.29) is 11.6 Å². The highest BCUT2D eigenvalue weighted by molar-refractivity contribution is 7.98. The average molecular weight is 464 g/mol. The van der Waals surface area contributed by atoms with Crippen LogP contribution in [0.4, 0.5) is 5.69 Å². The van der Waals surface area contributed by atoms with Gasteiger partial charge in [0.2, 0.25) is 16.9 Å². The number of rotatable bonds is 6. The molecule has 13 heteroatoms. The maximum absolute atomic E-state index is 10.7. The monoisotopic (exact) mass is 463 g/mol. The van der Waals surface area contributed by atoms with Crippen LogP contribution < -0.4 is 5.84 Å². The molecule has 2 N–H and O–H groups in total. The van der Waals surface area contributed by atoms with Gasteiger partial charge in [0.25, 0.3) is 5.69 Å². The number of hydrogen-bond donors (Lipinski definition) is 1. The van der Waals surface area contributed by atoms with E-state index in [2.05, 4.69) is 20.4 Å². The lowest BCUT2D eigenvalue weighted by Crippen LogP contribution is -2.11. The Morgan fingerprint density at radius 2 is 1.87 bits per heavy atom. The number of benzene rings is 2. The first-order chi connectivity index (χ1) is 14.4. The van der Waals surface area contributed by atoms with Crippen LogP contribution in [0, 0.1) is 10.1 Å². The van der Waals surface area contributed by atoms with Gasteiger partial charge < -0.3 is 10.3 Å². The van der Waals surface area contributed by atoms with E-state index < -0.39 is 4.92 Å². The Kier molecular flexibility index (Phi) is 5.57. The zero-order valence-corrected chi connectivity index (χ0v) is 17.2. The number of halogens is 2. The third kappa shape index (κ3) is 4.08. The van der Waals surface area contributed by atoms with E-state index in [9.17, 15) is 10.1 Å². The van der Waals surface area contributed by atoms with E-state index in [0.29, 0.717) is 43.8 Å². The van der Waals surface area contributed by atoms with Crippen molar-refractivity contribution >= 4 is 40.7 Å². The highest BCUT2D eigenvalue weighted by Gasteiger charge is 2.17. The first-order valence-corrected chi connectivity index (χ1v) is 10.0. The minimum Gasteiger partial charge on any atom is -0.420 e. The average Bonchev–Trinajstić information content (AvgIpc) is 3.34. The lowest BCUT2D eigenvalue weighted by molar-refractivity contribution is -0.384. The van der Waals surface area contributed by atoms with Gasteiger partial charge in [0, 0.05) is 28.3 Å². The molecule has 2 heterocycles. The van der Waals surface area contributed by atoms with Crippen molar-refractivity contribution in [2.75, 3.05) is 5.84 Å². The minimum absolute atomic E-state index is 0.0204. The molecule has 0 unspecified atom stereocenters. The fourth-order valence-corrected chi connectivity index (χ4v) is 3.70. The third-order valence-corrected chi connectivity index (χ3v) is 5.43. The Morgan fingerprint density at radius 1 is 1.10 bits per heavy atom. The van der Waals surface area contributed by atoms with Crippen molar-refractivity contribution in [2.45, 2.75) is 10.9 Å². The summed E-state index contributed by atoms with van der Waals surface area (Å²) in [6.45, 7) is 0. The summed E-state index contributed by atoms with van der Waals surface area (Å²) < 4.78 is 6.92. The van der Waals surface area contributed by atoms with Crippen LogP contribution in [0.2, 0.25) is 10.0 Å². The number of hydrogen-bond acceptors (Lipinski definition) is 9. The van der Waals surface area contributed by atoms with Gasteiger partial charge in [0.15, 0.2) is 5.82 Å². The molecule has 0 saturated heterocycles. The molecule has 0 atom stereocenters. The van der Waals surface area contributed by atoms with Gasteiger partial charge in [0.05, 0.1) is 15.7 Å². The largest absolute Gasteiger partial charge is 0.420 e. The molecule has 0 amide bonds. The Balaban J connectivity index is 1.47. The summed E-state index contributed by atoms with van der Waals surface area (Å²) in [5.41, 5.74) is 1.15. The number of nitro benzene ring substituents is 1. The standard InChI is InChI=1S/C17H11Cl2N7O3S/c18-10-3-6-12(13(19)7-10)15-22-24-17(25(15)20)30-8-14-21-23-16(29-14)9-1-4-11(5-2-9)26(27)28/h1-7H,8,20H2. The van der Waals surface area contributed by atoms with Gasteiger partial charge >= 0.3 is 0 Å². The normalized spacial score (nSPS) is 11.0. The summed E-state index contributed by atoms with van der Waals surface area (Å²) in [4.78, 5) is 10.3. The second-order valence-corrected chi connectivity index (χ2v) is 7.68. The fraction of sp³-hybridized carbons (Fsp3) is 0.0588. The van der Waals surface area contributed by atoms with Crippen LogP contribution in [0.25, 0.3) is 22.8 Å². The maximum Gasteiger partial charge on any atom is 0.269 e. The SMILES string of the molecule is Nn1c(SCc2nnc(-c3ccc([N+](=O)[O-])cc3)o2)nnc1-c1ccc(Cl)cc1Cl. The van der Waals surface area contributed by atoms with E-state index in [1.54, 1.807) is 30.3 Å². The molecule has 0 aliphatic heterocycles. The van der Waals surface area contributed by atoms with E-state index in [1.165, 1.54) is 28.6 Å². The summed E-state index contributed by atoms with van der Waals surface area (Å²) in [6.07, 6.45) is 0. The van der Waals surface area contributed by atoms with Gasteiger partial charge in [-0.1, -0.05) is 35.0 Å². The van der Waals surface area contributed by atoms with E-state index in [1.807, 2.05) is 0 Å². The Bertz CT molecular complexity index is 1230. The molecule has 2 aromatic carbocycles. The molecule has 0 spiro atoms. The summed E-state index contributed by atoms with van der Waals surface area (Å²) in [7, 11) is 0. The maximum atomic E-state index is 10.7. The van der Waals surface area contributed by atoms with Gasteiger partial charge in [0.1, 0.15) is 0 Å². The van der Waals surface area contributed by atoms with Crippen LogP contribution in [0.3, 0.4) is 0 Å². The molecular formula is C17H11Cl2N7O3S. The number of non-ortho nitro benzene ring substituents is 1. The molecule has 0 aliphatic rings. The van der Waals surface area contributed by atoms with Crippen molar-refractivity contribution in [1.29, 1.82) is 0 Å². The van der Waals surface area contributed by atoms with Crippen molar-refractivity contribution in [1.82, 2.24) is 25.1 Å². The number of nitrogens with two attached hydrogens (primary N) is 1. The Hall–Kier alpha value is -3.15.